The van der Waals surface area contributed by atoms with Crippen LogP contribution in [0.4, 0.5) is 0 Å². The monoisotopic (exact) mass is 329 g/mol. The van der Waals surface area contributed by atoms with Crippen molar-refractivity contribution in [1.82, 2.24) is 5.32 Å². The number of hydrogen-bond donors (Lipinski definition) is 2. The summed E-state index contributed by atoms with van der Waals surface area (Å²) < 4.78 is 5.35. The maximum Gasteiger partial charge on any atom is 0.311 e. The molecule has 1 aliphatic carbocycles. The van der Waals surface area contributed by atoms with Gasteiger partial charge >= 0.3 is 5.97 Å². The quantitative estimate of drug-likeness (QED) is 0.890. The van der Waals surface area contributed by atoms with E-state index in [-0.39, 0.29) is 12.5 Å². The Kier molecular flexibility index (Phi) is 4.29. The van der Waals surface area contributed by atoms with Crippen LogP contribution in [-0.2, 0) is 4.79 Å². The number of nitrogens with one attached hydrogen (secondary N) is 1. The van der Waals surface area contributed by atoms with Gasteiger partial charge in [0.1, 0.15) is 0 Å². The molecule has 6 heteroatoms. The molecule has 0 aromatic carbocycles. The van der Waals surface area contributed by atoms with Crippen LogP contribution in [0.3, 0.4) is 0 Å². The van der Waals surface area contributed by atoms with Gasteiger partial charge in [0.25, 0.3) is 5.91 Å². The van der Waals surface area contributed by atoms with Crippen LogP contribution in [0.5, 0.6) is 0 Å². The van der Waals surface area contributed by atoms with Crippen molar-refractivity contribution in [1.29, 1.82) is 0 Å². The lowest BCUT2D eigenvalue weighted by Crippen LogP contribution is -2.44. The van der Waals surface area contributed by atoms with Crippen molar-refractivity contribution in [3.8, 4) is 0 Å². The van der Waals surface area contributed by atoms with Gasteiger partial charge in [0, 0.05) is 6.54 Å². The van der Waals surface area contributed by atoms with E-state index in [1.807, 2.05) is 0 Å². The Balaban J connectivity index is 2.02. The normalized spacial score (nSPS) is 17.9. The third-order valence-corrected chi connectivity index (χ3v) is 4.33. The molecule has 0 atom stereocenters. The molecule has 2 N–H and O–H groups in total. The molecule has 0 bridgehead atoms. The van der Waals surface area contributed by atoms with Crippen molar-refractivity contribution in [2.24, 2.45) is 5.41 Å². The number of carboxylic acid groups (broad SMARTS) is 1. The second-order valence-corrected chi connectivity index (χ2v) is 5.66. The highest BCUT2D eigenvalue weighted by Gasteiger charge is 2.39. The summed E-state index contributed by atoms with van der Waals surface area (Å²) in [5.74, 6) is -1.13. The fraction of sp³-hybridized carbons (Fsp3) is 0.538. The maximum absolute atomic E-state index is 11.9. The number of amides is 1. The number of carbonyl (C=O) groups is 2. The van der Waals surface area contributed by atoms with E-state index in [1.54, 1.807) is 6.07 Å². The zero-order valence-corrected chi connectivity index (χ0v) is 12.0. The van der Waals surface area contributed by atoms with Gasteiger partial charge in [0.2, 0.25) is 0 Å². The minimum Gasteiger partial charge on any atom is -0.481 e. The molecule has 104 valence electrons. The van der Waals surface area contributed by atoms with Gasteiger partial charge in [-0.15, -0.1) is 0 Å². The lowest BCUT2D eigenvalue weighted by atomic mass is 9.74. The van der Waals surface area contributed by atoms with Crippen LogP contribution in [0, 0.1) is 5.41 Å². The van der Waals surface area contributed by atoms with Gasteiger partial charge in [-0.3, -0.25) is 9.59 Å². The molecule has 1 aromatic rings. The number of carboxylic acids is 1. The Morgan fingerprint density at radius 2 is 2.05 bits per heavy atom. The number of rotatable bonds is 4. The summed E-state index contributed by atoms with van der Waals surface area (Å²) in [6.07, 6.45) is 5.52. The first-order valence-corrected chi connectivity index (χ1v) is 7.09. The van der Waals surface area contributed by atoms with E-state index in [1.165, 1.54) is 6.26 Å². The van der Waals surface area contributed by atoms with Gasteiger partial charge in [0.15, 0.2) is 4.67 Å². The molecule has 0 unspecified atom stereocenters. The van der Waals surface area contributed by atoms with Gasteiger partial charge in [-0.2, -0.15) is 0 Å². The average molecular weight is 330 g/mol. The molecule has 5 nitrogen and oxygen atoms in total. The van der Waals surface area contributed by atoms with E-state index in [9.17, 15) is 14.7 Å². The Hall–Kier alpha value is -1.30. The first-order chi connectivity index (χ1) is 9.05. The van der Waals surface area contributed by atoms with E-state index in [4.69, 9.17) is 4.42 Å². The van der Waals surface area contributed by atoms with E-state index >= 15 is 0 Å². The summed E-state index contributed by atoms with van der Waals surface area (Å²) in [5.41, 5.74) is -0.430. The molecule has 0 radical (unpaired) electrons. The highest BCUT2D eigenvalue weighted by Crippen LogP contribution is 2.36. The van der Waals surface area contributed by atoms with Crippen LogP contribution in [-0.4, -0.2) is 23.5 Å². The van der Waals surface area contributed by atoms with E-state index < -0.39 is 11.4 Å². The predicted molar refractivity (Wildman–Crippen MR) is 71.9 cm³/mol. The van der Waals surface area contributed by atoms with Crippen LogP contribution >= 0.6 is 15.9 Å². The van der Waals surface area contributed by atoms with Crippen LogP contribution in [0.25, 0.3) is 0 Å². The Morgan fingerprint density at radius 1 is 1.37 bits per heavy atom. The smallest absolute Gasteiger partial charge is 0.311 e. The van der Waals surface area contributed by atoms with Gasteiger partial charge < -0.3 is 14.8 Å². The minimum absolute atomic E-state index is 0.165. The second kappa shape index (κ2) is 5.77. The van der Waals surface area contributed by atoms with Crippen molar-refractivity contribution >= 4 is 27.8 Å². The fourth-order valence-electron chi connectivity index (χ4n) is 2.50. The molecule has 19 heavy (non-hydrogen) atoms. The molecule has 1 fully saturated rings. The second-order valence-electron chi connectivity index (χ2n) is 4.94. The summed E-state index contributed by atoms with van der Waals surface area (Å²) in [7, 11) is 0. The van der Waals surface area contributed by atoms with Crippen molar-refractivity contribution in [2.45, 2.75) is 32.1 Å². The summed E-state index contributed by atoms with van der Waals surface area (Å²) in [6, 6.07) is 1.55. The first-order valence-electron chi connectivity index (χ1n) is 6.30. The molecular weight excluding hydrogens is 314 g/mol. The molecule has 0 spiro atoms. The van der Waals surface area contributed by atoms with Crippen LogP contribution in [0.1, 0.15) is 42.5 Å². The molecule has 1 aliphatic rings. The molecule has 0 aliphatic heterocycles. The fourth-order valence-corrected chi connectivity index (χ4v) is 2.92. The van der Waals surface area contributed by atoms with Crippen molar-refractivity contribution in [3.05, 3.63) is 22.6 Å². The number of aliphatic carboxylic acids is 1. The van der Waals surface area contributed by atoms with E-state index in [2.05, 4.69) is 21.2 Å². The van der Waals surface area contributed by atoms with Gasteiger partial charge in [-0.1, -0.05) is 19.3 Å². The summed E-state index contributed by atoms with van der Waals surface area (Å²) >= 11 is 3.13. The average Bonchev–Trinajstić information content (AvgIpc) is 2.83. The number of hydrogen-bond acceptors (Lipinski definition) is 3. The van der Waals surface area contributed by atoms with Gasteiger partial charge in [-0.05, 0) is 34.8 Å². The lowest BCUT2D eigenvalue weighted by molar-refractivity contribution is -0.150. The Labute approximate surface area is 119 Å². The predicted octanol–water partition coefficient (Wildman–Crippen LogP) is 2.81. The SMILES string of the molecule is O=C(NCC1(C(=O)O)CCCCC1)c1ccoc1Br. The van der Waals surface area contributed by atoms with Gasteiger partial charge in [0.05, 0.1) is 17.2 Å². The Morgan fingerprint density at radius 3 is 2.58 bits per heavy atom. The van der Waals surface area contributed by atoms with Crippen LogP contribution < -0.4 is 5.32 Å². The topological polar surface area (TPSA) is 79.5 Å². The van der Waals surface area contributed by atoms with Crippen molar-refractivity contribution < 1.29 is 19.1 Å². The van der Waals surface area contributed by atoms with E-state index in [0.29, 0.717) is 23.1 Å². The largest absolute Gasteiger partial charge is 0.481 e. The molecule has 1 heterocycles. The number of carbonyl (C=O) groups excluding carboxylic acids is 1. The zero-order chi connectivity index (χ0) is 13.9. The summed E-state index contributed by atoms with van der Waals surface area (Å²) in [4.78, 5) is 23.4. The third kappa shape index (κ3) is 3.00. The molecule has 0 saturated heterocycles. The first kappa shape index (κ1) is 14.1. The molecule has 1 amide bonds. The van der Waals surface area contributed by atoms with Gasteiger partial charge in [-0.25, -0.2) is 0 Å². The highest BCUT2D eigenvalue weighted by atomic mass is 79.9. The zero-order valence-electron chi connectivity index (χ0n) is 10.4. The van der Waals surface area contributed by atoms with Crippen LogP contribution in [0.15, 0.2) is 21.4 Å². The van der Waals surface area contributed by atoms with Crippen LogP contribution in [0.2, 0.25) is 0 Å². The lowest BCUT2D eigenvalue weighted by Gasteiger charge is -2.33. The minimum atomic E-state index is -0.821. The molecule has 1 aromatic heterocycles. The van der Waals surface area contributed by atoms with Crippen molar-refractivity contribution in [2.75, 3.05) is 6.54 Å². The summed E-state index contributed by atoms with van der Waals surface area (Å²) in [5, 5.41) is 12.1. The molecule has 1 saturated carbocycles. The van der Waals surface area contributed by atoms with E-state index in [0.717, 1.165) is 19.3 Å². The summed E-state index contributed by atoms with van der Waals surface area (Å²) in [6.45, 7) is 0.165. The third-order valence-electron chi connectivity index (χ3n) is 3.71. The van der Waals surface area contributed by atoms with Crippen molar-refractivity contribution in [3.63, 3.8) is 0 Å². The number of furan rings is 1. The standard InChI is InChI=1S/C13H16BrNO4/c14-10-9(4-7-19-10)11(16)15-8-13(12(17)18)5-2-1-3-6-13/h4,7H,1-3,5-6,8H2,(H,15,16)(H,17,18). The molecule has 2 rings (SSSR count). The maximum atomic E-state index is 11.9. The highest BCUT2D eigenvalue weighted by molar-refractivity contribution is 9.10. The Bertz CT molecular complexity index is 477. The molecular formula is C13H16BrNO4. The number of halogens is 1.